The zero-order chi connectivity index (χ0) is 13.1. The lowest BCUT2D eigenvalue weighted by atomic mass is 9.85. The van der Waals surface area contributed by atoms with Crippen molar-refractivity contribution >= 4 is 15.9 Å². The van der Waals surface area contributed by atoms with Gasteiger partial charge in [0.2, 0.25) is 0 Å². The fourth-order valence-corrected chi connectivity index (χ4v) is 3.52. The van der Waals surface area contributed by atoms with Gasteiger partial charge in [-0.3, -0.25) is 0 Å². The fraction of sp³-hybridized carbons (Fsp3) is 0.600. The van der Waals surface area contributed by atoms with Gasteiger partial charge in [-0.15, -0.1) is 0 Å². The van der Waals surface area contributed by atoms with Gasteiger partial charge in [0.25, 0.3) is 0 Å². The van der Waals surface area contributed by atoms with Crippen LogP contribution in [0.3, 0.4) is 0 Å². The van der Waals surface area contributed by atoms with Gasteiger partial charge in [0.15, 0.2) is 0 Å². The van der Waals surface area contributed by atoms with Crippen LogP contribution in [0.1, 0.15) is 44.7 Å². The second kappa shape index (κ2) is 6.16. The van der Waals surface area contributed by atoms with E-state index < -0.39 is 0 Å². The summed E-state index contributed by atoms with van der Waals surface area (Å²) in [5.74, 6) is 1.11. The summed E-state index contributed by atoms with van der Waals surface area (Å²) in [5.41, 5.74) is 0.810. The van der Waals surface area contributed by atoms with E-state index in [1.54, 1.807) is 6.07 Å². The van der Waals surface area contributed by atoms with Crippen LogP contribution in [-0.4, -0.2) is 6.54 Å². The molecular formula is C15H21BrFN. The third kappa shape index (κ3) is 2.77. The first-order valence-corrected chi connectivity index (χ1v) is 7.61. The van der Waals surface area contributed by atoms with Crippen molar-refractivity contribution in [2.75, 3.05) is 6.54 Å². The molecule has 0 aromatic heterocycles. The highest BCUT2D eigenvalue weighted by atomic mass is 79.9. The smallest absolute Gasteiger partial charge is 0.142 e. The average Bonchev–Trinajstić information content (AvgIpc) is 2.76. The molecule has 2 rings (SSSR count). The molecule has 0 spiro atoms. The van der Waals surface area contributed by atoms with Crippen molar-refractivity contribution in [2.24, 2.45) is 11.8 Å². The SMILES string of the molecule is CCNC(c1cccc(Br)c1F)C1CCCC1C. The molecule has 3 heteroatoms. The normalized spacial score (nSPS) is 25.3. The van der Waals surface area contributed by atoms with Crippen molar-refractivity contribution in [3.63, 3.8) is 0 Å². The molecule has 0 amide bonds. The van der Waals surface area contributed by atoms with Gasteiger partial charge >= 0.3 is 0 Å². The quantitative estimate of drug-likeness (QED) is 0.851. The number of halogens is 2. The zero-order valence-corrected chi connectivity index (χ0v) is 12.6. The summed E-state index contributed by atoms with van der Waals surface area (Å²) in [4.78, 5) is 0. The van der Waals surface area contributed by atoms with Gasteiger partial charge in [0.1, 0.15) is 5.82 Å². The minimum Gasteiger partial charge on any atom is -0.310 e. The molecule has 0 radical (unpaired) electrons. The number of benzene rings is 1. The summed E-state index contributed by atoms with van der Waals surface area (Å²) in [6.45, 7) is 5.25. The van der Waals surface area contributed by atoms with Crippen molar-refractivity contribution in [3.8, 4) is 0 Å². The van der Waals surface area contributed by atoms with Gasteiger partial charge in [-0.2, -0.15) is 0 Å². The summed E-state index contributed by atoms with van der Waals surface area (Å²) in [6.07, 6.45) is 3.73. The van der Waals surface area contributed by atoms with E-state index in [-0.39, 0.29) is 11.9 Å². The maximum absolute atomic E-state index is 14.3. The number of nitrogens with one attached hydrogen (secondary N) is 1. The third-order valence-electron chi connectivity index (χ3n) is 4.10. The third-order valence-corrected chi connectivity index (χ3v) is 4.71. The molecule has 0 saturated heterocycles. The molecule has 1 N–H and O–H groups in total. The van der Waals surface area contributed by atoms with E-state index >= 15 is 0 Å². The minimum absolute atomic E-state index is 0.109. The second-order valence-electron chi connectivity index (χ2n) is 5.25. The zero-order valence-electron chi connectivity index (χ0n) is 11.0. The first-order valence-electron chi connectivity index (χ1n) is 6.82. The van der Waals surface area contributed by atoms with E-state index in [1.165, 1.54) is 19.3 Å². The Kier molecular flexibility index (Phi) is 4.79. The van der Waals surface area contributed by atoms with Crippen LogP contribution in [0.5, 0.6) is 0 Å². The molecule has 1 aromatic rings. The standard InChI is InChI=1S/C15H21BrFN/c1-3-18-15(11-7-4-6-10(11)2)12-8-5-9-13(16)14(12)17/h5,8-11,15,18H,3-4,6-7H2,1-2H3. The lowest BCUT2D eigenvalue weighted by Gasteiger charge is -2.28. The van der Waals surface area contributed by atoms with Gasteiger partial charge in [0.05, 0.1) is 4.47 Å². The molecule has 1 aliphatic carbocycles. The Hall–Kier alpha value is -0.410. The van der Waals surface area contributed by atoms with Gasteiger partial charge in [-0.1, -0.05) is 38.8 Å². The first kappa shape index (κ1) is 14.0. The van der Waals surface area contributed by atoms with Gasteiger partial charge < -0.3 is 5.32 Å². The van der Waals surface area contributed by atoms with Crippen LogP contribution in [0.15, 0.2) is 22.7 Å². The molecule has 1 fully saturated rings. The predicted molar refractivity (Wildman–Crippen MR) is 77.0 cm³/mol. The highest BCUT2D eigenvalue weighted by molar-refractivity contribution is 9.10. The summed E-state index contributed by atoms with van der Waals surface area (Å²) in [6, 6.07) is 5.75. The highest BCUT2D eigenvalue weighted by Crippen LogP contribution is 2.41. The monoisotopic (exact) mass is 313 g/mol. The molecule has 1 saturated carbocycles. The van der Waals surface area contributed by atoms with Crippen LogP contribution in [0.2, 0.25) is 0 Å². The topological polar surface area (TPSA) is 12.0 Å². The molecule has 3 unspecified atom stereocenters. The average molecular weight is 314 g/mol. The number of hydrogen-bond donors (Lipinski definition) is 1. The molecule has 0 bridgehead atoms. The molecule has 1 aliphatic rings. The van der Waals surface area contributed by atoms with Crippen molar-refractivity contribution in [3.05, 3.63) is 34.1 Å². The number of rotatable bonds is 4. The number of hydrogen-bond acceptors (Lipinski definition) is 1. The predicted octanol–water partition coefficient (Wildman–Crippen LogP) is 4.68. The van der Waals surface area contributed by atoms with Gasteiger partial charge in [-0.05, 0) is 46.8 Å². The van der Waals surface area contributed by atoms with E-state index in [9.17, 15) is 4.39 Å². The molecule has 3 atom stereocenters. The molecule has 18 heavy (non-hydrogen) atoms. The van der Waals surface area contributed by atoms with Crippen LogP contribution in [0, 0.1) is 17.7 Å². The van der Waals surface area contributed by atoms with Crippen LogP contribution in [-0.2, 0) is 0 Å². The summed E-state index contributed by atoms with van der Waals surface area (Å²) in [7, 11) is 0. The van der Waals surface area contributed by atoms with Crippen LogP contribution in [0.4, 0.5) is 4.39 Å². The largest absolute Gasteiger partial charge is 0.310 e. The van der Waals surface area contributed by atoms with Crippen molar-refractivity contribution < 1.29 is 4.39 Å². The van der Waals surface area contributed by atoms with E-state index in [1.807, 2.05) is 12.1 Å². The van der Waals surface area contributed by atoms with Gasteiger partial charge in [-0.25, -0.2) is 4.39 Å². The Morgan fingerprint density at radius 1 is 1.44 bits per heavy atom. The van der Waals surface area contributed by atoms with Crippen LogP contribution >= 0.6 is 15.9 Å². The lowest BCUT2D eigenvalue weighted by Crippen LogP contribution is -2.30. The Morgan fingerprint density at radius 3 is 2.83 bits per heavy atom. The Morgan fingerprint density at radius 2 is 2.22 bits per heavy atom. The Balaban J connectivity index is 2.31. The summed E-state index contributed by atoms with van der Waals surface area (Å²) < 4.78 is 14.8. The Labute approximate surface area is 117 Å². The van der Waals surface area contributed by atoms with Crippen LogP contribution in [0.25, 0.3) is 0 Å². The lowest BCUT2D eigenvalue weighted by molar-refractivity contribution is 0.299. The maximum atomic E-state index is 14.3. The molecule has 0 aliphatic heterocycles. The summed E-state index contributed by atoms with van der Waals surface area (Å²) in [5, 5.41) is 3.48. The molecule has 1 nitrogen and oxygen atoms in total. The van der Waals surface area contributed by atoms with E-state index in [2.05, 4.69) is 35.1 Å². The van der Waals surface area contributed by atoms with Gasteiger partial charge in [0, 0.05) is 11.6 Å². The van der Waals surface area contributed by atoms with E-state index in [0.717, 1.165) is 12.1 Å². The molecule has 1 aromatic carbocycles. The molecular weight excluding hydrogens is 293 g/mol. The molecule has 0 heterocycles. The van der Waals surface area contributed by atoms with Crippen molar-refractivity contribution in [2.45, 2.75) is 39.2 Å². The Bertz CT molecular complexity index is 407. The second-order valence-corrected chi connectivity index (χ2v) is 6.10. The first-order chi connectivity index (χ1) is 8.65. The fourth-order valence-electron chi connectivity index (χ4n) is 3.14. The van der Waals surface area contributed by atoms with E-state index in [0.29, 0.717) is 16.3 Å². The van der Waals surface area contributed by atoms with Crippen molar-refractivity contribution in [1.82, 2.24) is 5.32 Å². The van der Waals surface area contributed by atoms with Crippen LogP contribution < -0.4 is 5.32 Å². The molecule has 100 valence electrons. The maximum Gasteiger partial charge on any atom is 0.142 e. The van der Waals surface area contributed by atoms with Crippen molar-refractivity contribution in [1.29, 1.82) is 0 Å². The van der Waals surface area contributed by atoms with E-state index in [4.69, 9.17) is 0 Å². The summed E-state index contributed by atoms with van der Waals surface area (Å²) >= 11 is 3.29. The highest BCUT2D eigenvalue weighted by Gasteiger charge is 2.32. The minimum atomic E-state index is -0.109.